The molecule has 0 aliphatic carbocycles. The van der Waals surface area contributed by atoms with Gasteiger partial charge in [0.2, 0.25) is 11.8 Å². The highest BCUT2D eigenvalue weighted by atomic mass is 16.4. The fourth-order valence-corrected chi connectivity index (χ4v) is 2.12. The summed E-state index contributed by atoms with van der Waals surface area (Å²) in [6, 6.07) is 7.87. The minimum atomic E-state index is -1.13. The molecule has 0 radical (unpaired) electrons. The lowest BCUT2D eigenvalue weighted by atomic mass is 9.96. The Morgan fingerprint density at radius 1 is 1.00 bits per heavy atom. The number of hydrogen-bond acceptors (Lipinski definition) is 3. The first-order valence-electron chi connectivity index (χ1n) is 7.64. The zero-order chi connectivity index (χ0) is 17.4. The van der Waals surface area contributed by atoms with Crippen LogP contribution in [-0.2, 0) is 20.8 Å². The monoisotopic (exact) mass is 320 g/mol. The number of carboxylic acid groups (broad SMARTS) is 1. The number of benzene rings is 1. The second-order valence-corrected chi connectivity index (χ2v) is 5.95. The van der Waals surface area contributed by atoms with E-state index in [2.05, 4.69) is 24.5 Å². The normalized spacial score (nSPS) is 11.8. The van der Waals surface area contributed by atoms with Crippen molar-refractivity contribution in [1.82, 2.24) is 10.6 Å². The Labute approximate surface area is 136 Å². The van der Waals surface area contributed by atoms with E-state index in [0.717, 1.165) is 12.0 Å². The van der Waals surface area contributed by atoms with E-state index in [1.165, 1.54) is 5.56 Å². The van der Waals surface area contributed by atoms with Crippen molar-refractivity contribution in [3.05, 3.63) is 35.4 Å². The molecule has 0 aromatic heterocycles. The zero-order valence-corrected chi connectivity index (χ0v) is 13.8. The minimum Gasteiger partial charge on any atom is -0.480 e. The average Bonchev–Trinajstić information content (AvgIpc) is 2.50. The van der Waals surface area contributed by atoms with Crippen molar-refractivity contribution < 1.29 is 19.5 Å². The van der Waals surface area contributed by atoms with Gasteiger partial charge in [0.15, 0.2) is 0 Å². The molecule has 0 heterocycles. The molecule has 0 aliphatic rings. The first kappa shape index (κ1) is 18.7. The molecule has 6 nitrogen and oxygen atoms in total. The summed E-state index contributed by atoms with van der Waals surface area (Å²) in [5.41, 5.74) is 2.10. The molecule has 0 aliphatic heterocycles. The zero-order valence-electron chi connectivity index (χ0n) is 13.8. The number of hydrogen-bond donors (Lipinski definition) is 3. The largest absolute Gasteiger partial charge is 0.480 e. The summed E-state index contributed by atoms with van der Waals surface area (Å²) < 4.78 is 0. The summed E-state index contributed by atoms with van der Waals surface area (Å²) in [6.45, 7) is 5.38. The van der Waals surface area contributed by atoms with Crippen LogP contribution >= 0.6 is 0 Å². The Kier molecular flexibility index (Phi) is 7.25. The number of amides is 2. The van der Waals surface area contributed by atoms with Crippen LogP contribution in [0, 0.1) is 5.92 Å². The van der Waals surface area contributed by atoms with Crippen LogP contribution in [0.25, 0.3) is 0 Å². The standard InChI is InChI=1S/C17H24N2O4/c1-11(2)8-13-4-6-14(7-5-13)12(3)17(23)19-9-15(20)18-10-16(21)22/h4-7,11-12H,8-10H2,1-3H3,(H,18,20)(H,19,23)(H,21,22)/t12-/m0/s1. The van der Waals surface area contributed by atoms with Gasteiger partial charge in [-0.1, -0.05) is 38.1 Å². The van der Waals surface area contributed by atoms with E-state index >= 15 is 0 Å². The molecule has 126 valence electrons. The van der Waals surface area contributed by atoms with Gasteiger partial charge in [-0.2, -0.15) is 0 Å². The summed E-state index contributed by atoms with van der Waals surface area (Å²) in [7, 11) is 0. The Morgan fingerprint density at radius 2 is 1.61 bits per heavy atom. The smallest absolute Gasteiger partial charge is 0.322 e. The molecular weight excluding hydrogens is 296 g/mol. The van der Waals surface area contributed by atoms with Crippen LogP contribution in [0.5, 0.6) is 0 Å². The Hall–Kier alpha value is -2.37. The maximum atomic E-state index is 12.0. The maximum Gasteiger partial charge on any atom is 0.322 e. The van der Waals surface area contributed by atoms with Crippen LogP contribution in [0.1, 0.15) is 37.8 Å². The molecule has 1 rings (SSSR count). The number of carboxylic acids is 1. The van der Waals surface area contributed by atoms with Crippen LogP contribution in [0.2, 0.25) is 0 Å². The maximum absolute atomic E-state index is 12.0. The van der Waals surface area contributed by atoms with Crippen molar-refractivity contribution >= 4 is 17.8 Å². The lowest BCUT2D eigenvalue weighted by Gasteiger charge is -2.13. The molecule has 0 bridgehead atoms. The van der Waals surface area contributed by atoms with E-state index in [0.29, 0.717) is 5.92 Å². The van der Waals surface area contributed by atoms with E-state index in [1.807, 2.05) is 24.3 Å². The van der Waals surface area contributed by atoms with Gasteiger partial charge < -0.3 is 15.7 Å². The minimum absolute atomic E-state index is 0.234. The molecule has 3 N–H and O–H groups in total. The topological polar surface area (TPSA) is 95.5 Å². The summed E-state index contributed by atoms with van der Waals surface area (Å²) in [5.74, 6) is -1.73. The third kappa shape index (κ3) is 6.95. The van der Waals surface area contributed by atoms with Gasteiger partial charge >= 0.3 is 5.97 Å². The second-order valence-electron chi connectivity index (χ2n) is 5.95. The fraction of sp³-hybridized carbons (Fsp3) is 0.471. The highest BCUT2D eigenvalue weighted by molar-refractivity contribution is 5.89. The third-order valence-corrected chi connectivity index (χ3v) is 3.38. The molecule has 1 atom stereocenters. The molecule has 0 saturated heterocycles. The Morgan fingerprint density at radius 3 is 2.13 bits per heavy atom. The van der Waals surface area contributed by atoms with Crippen molar-refractivity contribution in [1.29, 1.82) is 0 Å². The van der Waals surface area contributed by atoms with Crippen molar-refractivity contribution in [2.24, 2.45) is 5.92 Å². The SMILES string of the molecule is CC(C)Cc1ccc([C@H](C)C(=O)NCC(=O)NCC(=O)O)cc1. The number of carbonyl (C=O) groups is 3. The molecule has 1 aromatic rings. The van der Waals surface area contributed by atoms with Gasteiger partial charge in [-0.15, -0.1) is 0 Å². The van der Waals surface area contributed by atoms with E-state index < -0.39 is 18.4 Å². The van der Waals surface area contributed by atoms with Crippen LogP contribution < -0.4 is 10.6 Å². The molecule has 0 spiro atoms. The first-order valence-corrected chi connectivity index (χ1v) is 7.64. The van der Waals surface area contributed by atoms with Crippen molar-refractivity contribution in [2.45, 2.75) is 33.1 Å². The first-order chi connectivity index (χ1) is 10.8. The lowest BCUT2D eigenvalue weighted by molar-refractivity contribution is -0.137. The highest BCUT2D eigenvalue weighted by Gasteiger charge is 2.16. The third-order valence-electron chi connectivity index (χ3n) is 3.38. The Bertz CT molecular complexity index is 552. The van der Waals surface area contributed by atoms with E-state index in [4.69, 9.17) is 5.11 Å². The van der Waals surface area contributed by atoms with Gasteiger partial charge in [-0.25, -0.2) is 0 Å². The quantitative estimate of drug-likeness (QED) is 0.673. The number of aliphatic carboxylic acids is 1. The van der Waals surface area contributed by atoms with Crippen molar-refractivity contribution in [3.8, 4) is 0 Å². The predicted molar refractivity (Wildman–Crippen MR) is 87.1 cm³/mol. The summed E-state index contributed by atoms with van der Waals surface area (Å²) in [5, 5.41) is 13.1. The molecule has 0 saturated carbocycles. The van der Waals surface area contributed by atoms with E-state index in [1.54, 1.807) is 6.92 Å². The highest BCUT2D eigenvalue weighted by Crippen LogP contribution is 2.17. The van der Waals surface area contributed by atoms with Crippen LogP contribution in [0.3, 0.4) is 0 Å². The van der Waals surface area contributed by atoms with Crippen molar-refractivity contribution in [2.75, 3.05) is 13.1 Å². The van der Waals surface area contributed by atoms with Crippen LogP contribution in [0.4, 0.5) is 0 Å². The van der Waals surface area contributed by atoms with Crippen LogP contribution in [0.15, 0.2) is 24.3 Å². The van der Waals surface area contributed by atoms with Crippen LogP contribution in [-0.4, -0.2) is 36.0 Å². The fourth-order valence-electron chi connectivity index (χ4n) is 2.12. The number of rotatable bonds is 8. The second kappa shape index (κ2) is 8.92. The molecule has 0 fully saturated rings. The number of nitrogens with one attached hydrogen (secondary N) is 2. The molecule has 1 aromatic carbocycles. The molecule has 2 amide bonds. The predicted octanol–water partition coefficient (Wildman–Crippen LogP) is 1.31. The van der Waals surface area contributed by atoms with Gasteiger partial charge in [0.25, 0.3) is 0 Å². The van der Waals surface area contributed by atoms with Gasteiger partial charge in [0.1, 0.15) is 6.54 Å². The van der Waals surface area contributed by atoms with Gasteiger partial charge in [-0.3, -0.25) is 14.4 Å². The number of carbonyl (C=O) groups excluding carboxylic acids is 2. The molecular formula is C17H24N2O4. The summed E-state index contributed by atoms with van der Waals surface area (Å²) in [6.07, 6.45) is 0.991. The molecule has 0 unspecified atom stereocenters. The van der Waals surface area contributed by atoms with Gasteiger partial charge in [0.05, 0.1) is 12.5 Å². The average molecular weight is 320 g/mol. The van der Waals surface area contributed by atoms with Gasteiger partial charge in [0, 0.05) is 0 Å². The lowest BCUT2D eigenvalue weighted by Crippen LogP contribution is -2.40. The molecule has 23 heavy (non-hydrogen) atoms. The summed E-state index contributed by atoms with van der Waals surface area (Å²) in [4.78, 5) is 33.7. The van der Waals surface area contributed by atoms with E-state index in [9.17, 15) is 14.4 Å². The van der Waals surface area contributed by atoms with Gasteiger partial charge in [-0.05, 0) is 30.4 Å². The Balaban J connectivity index is 2.49. The van der Waals surface area contributed by atoms with Crippen molar-refractivity contribution in [3.63, 3.8) is 0 Å². The molecule has 6 heteroatoms. The van der Waals surface area contributed by atoms with E-state index in [-0.39, 0.29) is 18.4 Å². The summed E-state index contributed by atoms with van der Waals surface area (Å²) >= 11 is 0.